The Labute approximate surface area is 118 Å². The van der Waals surface area contributed by atoms with E-state index in [2.05, 4.69) is 5.32 Å². The van der Waals surface area contributed by atoms with Crippen LogP contribution in [-0.2, 0) is 0 Å². The first-order valence-electron chi connectivity index (χ1n) is 5.65. The van der Waals surface area contributed by atoms with Crippen LogP contribution in [0.4, 0.5) is 20.2 Å². The van der Waals surface area contributed by atoms with E-state index in [-0.39, 0.29) is 5.69 Å². The highest BCUT2D eigenvalue weighted by molar-refractivity contribution is 7.98. The first-order chi connectivity index (χ1) is 9.52. The molecule has 0 bridgehead atoms. The molecule has 0 saturated carbocycles. The third-order valence-electron chi connectivity index (χ3n) is 2.66. The van der Waals surface area contributed by atoms with Crippen LogP contribution < -0.4 is 5.32 Å². The molecule has 3 nitrogen and oxygen atoms in total. The van der Waals surface area contributed by atoms with Crippen molar-refractivity contribution in [3.8, 4) is 0 Å². The summed E-state index contributed by atoms with van der Waals surface area (Å²) in [4.78, 5) is 11.5. The van der Waals surface area contributed by atoms with Gasteiger partial charge in [0, 0.05) is 4.90 Å². The largest absolute Gasteiger partial charge is 0.478 e. The summed E-state index contributed by atoms with van der Waals surface area (Å²) in [6.07, 6.45) is 1.85. The molecule has 20 heavy (non-hydrogen) atoms. The molecule has 2 N–H and O–H groups in total. The Morgan fingerprint density at radius 3 is 2.35 bits per heavy atom. The second kappa shape index (κ2) is 5.92. The number of carboxylic acids is 1. The zero-order chi connectivity index (χ0) is 14.7. The van der Waals surface area contributed by atoms with Gasteiger partial charge in [-0.2, -0.15) is 0 Å². The molecule has 0 heterocycles. The molecule has 2 rings (SSSR count). The Morgan fingerprint density at radius 2 is 1.80 bits per heavy atom. The van der Waals surface area contributed by atoms with Gasteiger partial charge >= 0.3 is 5.97 Å². The molecule has 0 atom stereocenters. The van der Waals surface area contributed by atoms with E-state index in [0.29, 0.717) is 5.69 Å². The Hall–Kier alpha value is -2.08. The average molecular weight is 295 g/mol. The lowest BCUT2D eigenvalue weighted by atomic mass is 10.2. The summed E-state index contributed by atoms with van der Waals surface area (Å²) in [6.45, 7) is 0. The fourth-order valence-electron chi connectivity index (χ4n) is 1.70. The number of benzene rings is 2. The van der Waals surface area contributed by atoms with Crippen LogP contribution >= 0.6 is 11.8 Å². The van der Waals surface area contributed by atoms with Gasteiger partial charge in [-0.1, -0.05) is 12.1 Å². The summed E-state index contributed by atoms with van der Waals surface area (Å²) in [5.74, 6) is -3.27. The number of hydrogen-bond acceptors (Lipinski definition) is 3. The van der Waals surface area contributed by atoms with Crippen molar-refractivity contribution in [2.45, 2.75) is 4.90 Å². The lowest BCUT2D eigenvalue weighted by Crippen LogP contribution is -2.03. The molecule has 0 aliphatic rings. The fraction of sp³-hybridized carbons (Fsp3) is 0.0714. The molecular formula is C14H11F2NO2S. The van der Waals surface area contributed by atoms with Crippen LogP contribution in [0.2, 0.25) is 0 Å². The van der Waals surface area contributed by atoms with Crippen LogP contribution in [0, 0.1) is 11.6 Å². The van der Waals surface area contributed by atoms with Crippen molar-refractivity contribution < 1.29 is 18.7 Å². The summed E-state index contributed by atoms with van der Waals surface area (Å²) >= 11 is 1.43. The number of halogens is 2. The highest BCUT2D eigenvalue weighted by atomic mass is 32.2. The second-order valence-electron chi connectivity index (χ2n) is 3.95. The molecule has 0 aliphatic heterocycles. The monoisotopic (exact) mass is 295 g/mol. The highest BCUT2D eigenvalue weighted by Crippen LogP contribution is 2.30. The summed E-state index contributed by atoms with van der Waals surface area (Å²) < 4.78 is 27.6. The molecule has 0 aromatic heterocycles. The minimum atomic E-state index is -1.38. The molecular weight excluding hydrogens is 284 g/mol. The second-order valence-corrected chi connectivity index (χ2v) is 4.79. The van der Waals surface area contributed by atoms with E-state index in [0.717, 1.165) is 17.0 Å². The van der Waals surface area contributed by atoms with Gasteiger partial charge in [0.25, 0.3) is 0 Å². The number of hydrogen-bond donors (Lipinski definition) is 2. The topological polar surface area (TPSA) is 49.3 Å². The first-order valence-corrected chi connectivity index (χ1v) is 6.87. The van der Waals surface area contributed by atoms with Gasteiger partial charge in [0.2, 0.25) is 0 Å². The molecule has 2 aromatic rings. The number of nitrogens with one attached hydrogen (secondary N) is 1. The molecule has 2 aromatic carbocycles. The number of anilines is 2. The van der Waals surface area contributed by atoms with Gasteiger partial charge in [-0.25, -0.2) is 13.6 Å². The van der Waals surface area contributed by atoms with Crippen LogP contribution in [-0.4, -0.2) is 17.3 Å². The van der Waals surface area contributed by atoms with Crippen LogP contribution in [0.3, 0.4) is 0 Å². The maximum absolute atomic E-state index is 13.8. The molecule has 0 radical (unpaired) electrons. The van der Waals surface area contributed by atoms with Gasteiger partial charge in [-0.05, 0) is 30.5 Å². The van der Waals surface area contributed by atoms with Gasteiger partial charge in [0.1, 0.15) is 5.69 Å². The van der Waals surface area contributed by atoms with Crippen LogP contribution in [0.5, 0.6) is 0 Å². The molecule has 6 heteroatoms. The standard InChI is InChI=1S/C14H11F2NO2S/c1-20-12-5-3-2-4-11(12)17-13-9(15)6-8(14(18)19)7-10(13)16/h2-7,17H,1H3,(H,18,19). The van der Waals surface area contributed by atoms with E-state index < -0.39 is 23.2 Å². The molecule has 0 spiro atoms. The van der Waals surface area contributed by atoms with Gasteiger partial charge < -0.3 is 10.4 Å². The van der Waals surface area contributed by atoms with Crippen LogP contribution in [0.25, 0.3) is 0 Å². The molecule has 104 valence electrons. The summed E-state index contributed by atoms with van der Waals surface area (Å²) in [6, 6.07) is 8.63. The van der Waals surface area contributed by atoms with Gasteiger partial charge in [0.15, 0.2) is 11.6 Å². The van der Waals surface area contributed by atoms with Gasteiger partial charge in [0.05, 0.1) is 11.3 Å². The van der Waals surface area contributed by atoms with E-state index >= 15 is 0 Å². The van der Waals surface area contributed by atoms with E-state index in [9.17, 15) is 13.6 Å². The molecule has 0 unspecified atom stereocenters. The van der Waals surface area contributed by atoms with Crippen LogP contribution in [0.15, 0.2) is 41.3 Å². The smallest absolute Gasteiger partial charge is 0.335 e. The summed E-state index contributed by atoms with van der Waals surface area (Å²) in [5, 5.41) is 11.4. The normalized spacial score (nSPS) is 10.3. The lowest BCUT2D eigenvalue weighted by molar-refractivity contribution is 0.0696. The number of para-hydroxylation sites is 1. The maximum atomic E-state index is 13.8. The minimum Gasteiger partial charge on any atom is -0.478 e. The number of rotatable bonds is 4. The lowest BCUT2D eigenvalue weighted by Gasteiger charge is -2.12. The van der Waals surface area contributed by atoms with E-state index in [1.807, 2.05) is 18.4 Å². The zero-order valence-electron chi connectivity index (χ0n) is 10.5. The summed E-state index contributed by atoms with van der Waals surface area (Å²) in [7, 11) is 0. The average Bonchev–Trinajstić information content (AvgIpc) is 2.42. The van der Waals surface area contributed by atoms with E-state index in [4.69, 9.17) is 5.11 Å². The molecule has 0 fully saturated rings. The first kappa shape index (κ1) is 14.3. The van der Waals surface area contributed by atoms with Crippen molar-refractivity contribution in [1.29, 1.82) is 0 Å². The van der Waals surface area contributed by atoms with Crippen LogP contribution in [0.1, 0.15) is 10.4 Å². The quantitative estimate of drug-likeness (QED) is 0.833. The molecule has 0 aliphatic carbocycles. The SMILES string of the molecule is CSc1ccccc1Nc1c(F)cc(C(=O)O)cc1F. The van der Waals surface area contributed by atoms with Crippen molar-refractivity contribution >= 4 is 29.1 Å². The third kappa shape index (κ3) is 2.91. The predicted molar refractivity (Wildman–Crippen MR) is 74.8 cm³/mol. The Bertz CT molecular complexity index is 638. The fourth-order valence-corrected chi connectivity index (χ4v) is 2.25. The predicted octanol–water partition coefficient (Wildman–Crippen LogP) is 4.13. The van der Waals surface area contributed by atoms with Crippen molar-refractivity contribution in [2.24, 2.45) is 0 Å². The maximum Gasteiger partial charge on any atom is 0.335 e. The van der Waals surface area contributed by atoms with Gasteiger partial charge in [-0.3, -0.25) is 0 Å². The third-order valence-corrected chi connectivity index (χ3v) is 3.45. The van der Waals surface area contributed by atoms with Crippen molar-refractivity contribution in [3.05, 3.63) is 53.6 Å². The van der Waals surface area contributed by atoms with Gasteiger partial charge in [-0.15, -0.1) is 11.8 Å². The molecule has 0 amide bonds. The highest BCUT2D eigenvalue weighted by Gasteiger charge is 2.15. The number of carbonyl (C=O) groups is 1. The summed E-state index contributed by atoms with van der Waals surface area (Å²) in [5.41, 5.74) is -0.235. The Balaban J connectivity index is 2.41. The van der Waals surface area contributed by atoms with E-state index in [1.54, 1.807) is 12.1 Å². The van der Waals surface area contributed by atoms with Crippen molar-refractivity contribution in [2.75, 3.05) is 11.6 Å². The van der Waals surface area contributed by atoms with Crippen molar-refractivity contribution in [1.82, 2.24) is 0 Å². The minimum absolute atomic E-state index is 0.364. The Morgan fingerprint density at radius 1 is 1.20 bits per heavy atom. The van der Waals surface area contributed by atoms with E-state index in [1.165, 1.54) is 11.8 Å². The zero-order valence-corrected chi connectivity index (χ0v) is 11.3. The number of carboxylic acid groups (broad SMARTS) is 1. The van der Waals surface area contributed by atoms with Crippen molar-refractivity contribution in [3.63, 3.8) is 0 Å². The Kier molecular flexibility index (Phi) is 4.24. The molecule has 0 saturated heterocycles. The number of thioether (sulfide) groups is 1. The number of aromatic carboxylic acids is 1.